The van der Waals surface area contributed by atoms with Gasteiger partial charge in [-0.05, 0) is 66.5 Å². The molecule has 14 nitrogen and oxygen atoms in total. The van der Waals surface area contributed by atoms with E-state index in [-0.39, 0.29) is 68.4 Å². The summed E-state index contributed by atoms with van der Waals surface area (Å²) in [6, 6.07) is 1.38. The normalized spacial score (nSPS) is 15.1. The van der Waals surface area contributed by atoms with Crippen LogP contribution in [0, 0.1) is 0 Å². The first-order valence-electron chi connectivity index (χ1n) is 14.1. The molecule has 1 saturated heterocycles. The number of alkyl carbamates (subject to hydrolysis) is 2. The van der Waals surface area contributed by atoms with Crippen LogP contribution in [-0.4, -0.2) is 77.1 Å². The van der Waals surface area contributed by atoms with Crippen LogP contribution in [-0.2, 0) is 20.4 Å². The molecule has 0 radical (unpaired) electrons. The Bertz CT molecular complexity index is 1240. The van der Waals surface area contributed by atoms with Crippen molar-refractivity contribution < 1.29 is 51.7 Å². The number of nitrogens with two attached hydrogens (primary N) is 1. The number of carbonyl (C=O) groups excluding carboxylic acids is 3. The lowest BCUT2D eigenvalue weighted by molar-refractivity contribution is -0.137. The molecular weight excluding hydrogens is 605 g/mol. The van der Waals surface area contributed by atoms with Gasteiger partial charge in [-0.1, -0.05) is 0 Å². The summed E-state index contributed by atoms with van der Waals surface area (Å²) >= 11 is 0. The van der Waals surface area contributed by atoms with E-state index in [1.807, 2.05) is 0 Å². The number of hydrogen-bond donors (Lipinski definition) is 5. The maximum Gasteiger partial charge on any atom is 0.416 e. The number of alkyl halides is 3. The van der Waals surface area contributed by atoms with Gasteiger partial charge in [0, 0.05) is 25.9 Å². The minimum Gasteiger partial charge on any atom is -0.484 e. The Balaban J connectivity index is 2.06. The molecular formula is C28H41F3N6O8. The molecule has 17 heteroatoms. The van der Waals surface area contributed by atoms with Gasteiger partial charge in [-0.3, -0.25) is 20.4 Å². The van der Waals surface area contributed by atoms with Crippen molar-refractivity contribution in [2.24, 2.45) is 4.99 Å². The maximum absolute atomic E-state index is 13.5. The predicted octanol–water partition coefficient (Wildman–Crippen LogP) is 4.93. The first kappa shape index (κ1) is 36.8. The number of nitrogens with one attached hydrogen (secondary N) is 3. The zero-order chi connectivity index (χ0) is 34.2. The van der Waals surface area contributed by atoms with Gasteiger partial charge in [-0.15, -0.1) is 0 Å². The second-order valence-electron chi connectivity index (χ2n) is 12.2. The predicted molar refractivity (Wildman–Crippen MR) is 158 cm³/mol. The van der Waals surface area contributed by atoms with Crippen LogP contribution < -0.4 is 26.4 Å². The molecule has 1 fully saturated rings. The molecule has 0 spiro atoms. The number of unbranched alkanes of at least 4 members (excludes halogenated alkanes) is 1. The average Bonchev–Trinajstić information content (AvgIpc) is 3.31. The minimum atomic E-state index is -4.75. The molecule has 1 atom stereocenters. The van der Waals surface area contributed by atoms with Crippen LogP contribution in [0.5, 0.6) is 5.75 Å². The van der Waals surface area contributed by atoms with Crippen LogP contribution in [0.1, 0.15) is 72.8 Å². The second kappa shape index (κ2) is 15.0. The molecule has 0 aromatic heterocycles. The van der Waals surface area contributed by atoms with Gasteiger partial charge in [0.25, 0.3) is 0 Å². The molecule has 0 aliphatic carbocycles. The summed E-state index contributed by atoms with van der Waals surface area (Å²) in [5.41, 5.74) is 2.46. The lowest BCUT2D eigenvalue weighted by Gasteiger charge is -2.22. The van der Waals surface area contributed by atoms with Crippen molar-refractivity contribution in [1.29, 1.82) is 0 Å². The summed E-state index contributed by atoms with van der Waals surface area (Å²) < 4.78 is 56.5. The number of aliphatic imine (C=N–C) groups is 1. The molecule has 2 rings (SSSR count). The van der Waals surface area contributed by atoms with E-state index >= 15 is 0 Å². The zero-order valence-electron chi connectivity index (χ0n) is 26.1. The third-order valence-corrected chi connectivity index (χ3v) is 5.74. The van der Waals surface area contributed by atoms with Crippen LogP contribution in [0.15, 0.2) is 17.1 Å². The molecule has 6 N–H and O–H groups in total. The summed E-state index contributed by atoms with van der Waals surface area (Å²) in [6.07, 6.45) is -7.67. The summed E-state index contributed by atoms with van der Waals surface area (Å²) in [4.78, 5) is 53.6. The molecule has 1 aromatic rings. The standard InChI is InChI=1S/C28H41F3N6O8/c1-26(2,3)44-23(39)35-22(36-24(40)45-27(4,5)6)33-11-8-7-9-20(38)34-19-14-16(28(29,30)31)13-18(32)21(19)43-17-10-12-37(15-17)25(41)42/h13-14,17H,7-12,15,32H2,1-6H3,(H,34,38)(H,41,42)(H2,33,35,36,39,40)/t17-/m1/s1. The van der Waals surface area contributed by atoms with E-state index in [0.717, 1.165) is 4.90 Å². The van der Waals surface area contributed by atoms with E-state index in [1.165, 1.54) is 0 Å². The SMILES string of the molecule is CC(C)(C)OC(=O)NC(=NCCCCC(=O)Nc1cc(C(F)(F)F)cc(N)c1O[C@@H]1CCN(C(=O)O)C1)NC(=O)OC(C)(C)C. The molecule has 1 aliphatic heterocycles. The van der Waals surface area contributed by atoms with Crippen molar-refractivity contribution in [2.75, 3.05) is 30.7 Å². The van der Waals surface area contributed by atoms with Crippen molar-refractivity contribution in [3.05, 3.63) is 17.7 Å². The number of hydrogen-bond acceptors (Lipinski definition) is 9. The summed E-state index contributed by atoms with van der Waals surface area (Å²) in [5.74, 6) is -1.07. The smallest absolute Gasteiger partial charge is 0.416 e. The Morgan fingerprint density at radius 1 is 1.00 bits per heavy atom. The van der Waals surface area contributed by atoms with Gasteiger partial charge in [0.15, 0.2) is 5.75 Å². The summed E-state index contributed by atoms with van der Waals surface area (Å²) in [7, 11) is 0. The van der Waals surface area contributed by atoms with Crippen LogP contribution in [0.4, 0.5) is 38.9 Å². The molecule has 252 valence electrons. The fraction of sp³-hybridized carbons (Fsp3) is 0.607. The van der Waals surface area contributed by atoms with Gasteiger partial charge < -0.3 is 35.3 Å². The number of halogens is 3. The monoisotopic (exact) mass is 646 g/mol. The highest BCUT2D eigenvalue weighted by Crippen LogP contribution is 2.40. The van der Waals surface area contributed by atoms with Crippen molar-refractivity contribution in [3.63, 3.8) is 0 Å². The third-order valence-electron chi connectivity index (χ3n) is 5.74. The van der Waals surface area contributed by atoms with E-state index in [9.17, 15) is 32.3 Å². The molecule has 45 heavy (non-hydrogen) atoms. The quantitative estimate of drug-likeness (QED) is 0.113. The average molecular weight is 647 g/mol. The zero-order valence-corrected chi connectivity index (χ0v) is 26.1. The van der Waals surface area contributed by atoms with Gasteiger partial charge in [-0.2, -0.15) is 13.2 Å². The van der Waals surface area contributed by atoms with Crippen molar-refractivity contribution in [1.82, 2.24) is 15.5 Å². The Labute approximate surface area is 258 Å². The Morgan fingerprint density at radius 2 is 1.58 bits per heavy atom. The highest BCUT2D eigenvalue weighted by molar-refractivity contribution is 6.01. The number of carbonyl (C=O) groups is 4. The van der Waals surface area contributed by atoms with E-state index in [4.69, 9.17) is 25.1 Å². The van der Waals surface area contributed by atoms with Crippen LogP contribution in [0.2, 0.25) is 0 Å². The second-order valence-corrected chi connectivity index (χ2v) is 12.2. The Hall–Kier alpha value is -4.44. The molecule has 0 unspecified atom stereocenters. The summed E-state index contributed by atoms with van der Waals surface area (Å²) in [5, 5.41) is 16.2. The fourth-order valence-corrected chi connectivity index (χ4v) is 3.92. The minimum absolute atomic E-state index is 0.0166. The number of guanidine groups is 1. The lowest BCUT2D eigenvalue weighted by atomic mass is 10.1. The van der Waals surface area contributed by atoms with Crippen molar-refractivity contribution >= 4 is 41.5 Å². The van der Waals surface area contributed by atoms with Gasteiger partial charge in [0.2, 0.25) is 11.9 Å². The number of benzene rings is 1. The van der Waals surface area contributed by atoms with E-state index in [0.29, 0.717) is 12.1 Å². The van der Waals surface area contributed by atoms with Gasteiger partial charge >= 0.3 is 24.5 Å². The number of rotatable bonds is 8. The number of ether oxygens (including phenoxy) is 3. The van der Waals surface area contributed by atoms with Gasteiger partial charge in [0.05, 0.1) is 23.5 Å². The van der Waals surface area contributed by atoms with E-state index in [2.05, 4.69) is 20.9 Å². The number of likely N-dealkylation sites (tertiary alicyclic amines) is 1. The number of amides is 4. The maximum atomic E-state index is 13.5. The largest absolute Gasteiger partial charge is 0.484 e. The lowest BCUT2D eigenvalue weighted by Crippen LogP contribution is -2.47. The number of nitrogens with zero attached hydrogens (tertiary/aromatic N) is 2. The molecule has 4 amide bonds. The first-order valence-corrected chi connectivity index (χ1v) is 14.1. The summed E-state index contributed by atoms with van der Waals surface area (Å²) in [6.45, 7) is 10.1. The van der Waals surface area contributed by atoms with E-state index < -0.39 is 53.2 Å². The molecule has 1 aromatic carbocycles. The van der Waals surface area contributed by atoms with Crippen molar-refractivity contribution in [3.8, 4) is 5.75 Å². The topological polar surface area (TPSA) is 194 Å². The van der Waals surface area contributed by atoms with Crippen LogP contribution in [0.25, 0.3) is 0 Å². The van der Waals surface area contributed by atoms with Crippen LogP contribution >= 0.6 is 0 Å². The molecule has 1 heterocycles. The van der Waals surface area contributed by atoms with Gasteiger partial charge in [-0.25, -0.2) is 14.4 Å². The molecule has 0 saturated carbocycles. The van der Waals surface area contributed by atoms with Crippen molar-refractivity contribution in [2.45, 2.75) is 90.7 Å². The van der Waals surface area contributed by atoms with Gasteiger partial charge in [0.1, 0.15) is 17.3 Å². The number of nitrogen functional groups attached to an aromatic ring is 1. The number of anilines is 2. The fourth-order valence-electron chi connectivity index (χ4n) is 3.92. The molecule has 0 bridgehead atoms. The van der Waals surface area contributed by atoms with Crippen LogP contribution in [0.3, 0.4) is 0 Å². The highest BCUT2D eigenvalue weighted by Gasteiger charge is 2.34. The Kier molecular flexibility index (Phi) is 12.3. The molecule has 1 aliphatic rings. The number of carboxylic acid groups (broad SMARTS) is 1. The third kappa shape index (κ3) is 13.4. The first-order chi connectivity index (χ1) is 20.6. The Morgan fingerprint density at radius 3 is 2.07 bits per heavy atom. The van der Waals surface area contributed by atoms with E-state index in [1.54, 1.807) is 41.5 Å². The highest BCUT2D eigenvalue weighted by atomic mass is 19.4.